The number of carbonyl (C=O) groups is 1. The van der Waals surface area contributed by atoms with Crippen LogP contribution in [0.1, 0.15) is 27.2 Å². The molecule has 0 aliphatic carbocycles. The number of benzene rings is 1. The zero-order valence-corrected chi connectivity index (χ0v) is 12.4. The summed E-state index contributed by atoms with van der Waals surface area (Å²) in [6.45, 7) is 5.83. The summed E-state index contributed by atoms with van der Waals surface area (Å²) >= 11 is 5.70. The number of nitro benzene ring substituents is 1. The van der Waals surface area contributed by atoms with Crippen molar-refractivity contribution in [2.24, 2.45) is 11.1 Å². The van der Waals surface area contributed by atoms with Gasteiger partial charge in [0.05, 0.1) is 4.92 Å². The summed E-state index contributed by atoms with van der Waals surface area (Å²) in [7, 11) is 0. The molecule has 110 valence electrons. The molecule has 1 rings (SSSR count). The molecule has 7 heteroatoms. The van der Waals surface area contributed by atoms with E-state index in [1.165, 1.54) is 18.2 Å². The van der Waals surface area contributed by atoms with E-state index in [0.29, 0.717) is 5.69 Å². The van der Waals surface area contributed by atoms with E-state index in [4.69, 9.17) is 17.3 Å². The molecule has 0 bridgehead atoms. The van der Waals surface area contributed by atoms with Crippen LogP contribution in [0.3, 0.4) is 0 Å². The van der Waals surface area contributed by atoms with Crippen LogP contribution < -0.4 is 11.1 Å². The molecule has 1 atom stereocenters. The van der Waals surface area contributed by atoms with Crippen molar-refractivity contribution in [3.63, 3.8) is 0 Å². The molecule has 6 nitrogen and oxygen atoms in total. The van der Waals surface area contributed by atoms with Crippen LogP contribution >= 0.6 is 11.6 Å². The third kappa shape index (κ3) is 4.47. The normalized spacial score (nSPS) is 12.8. The van der Waals surface area contributed by atoms with Gasteiger partial charge in [0, 0.05) is 24.2 Å². The van der Waals surface area contributed by atoms with Crippen LogP contribution in [0.25, 0.3) is 0 Å². The van der Waals surface area contributed by atoms with Crippen LogP contribution in [0.5, 0.6) is 0 Å². The van der Waals surface area contributed by atoms with Crippen LogP contribution in [-0.2, 0) is 4.79 Å². The summed E-state index contributed by atoms with van der Waals surface area (Å²) in [5, 5.41) is 13.4. The number of amides is 1. The first kappa shape index (κ1) is 16.4. The number of nitrogens with zero attached hydrogens (tertiary/aromatic N) is 1. The van der Waals surface area contributed by atoms with Gasteiger partial charge < -0.3 is 11.1 Å². The second-order valence-corrected chi connectivity index (χ2v) is 6.06. The molecule has 0 spiro atoms. The lowest BCUT2D eigenvalue weighted by Crippen LogP contribution is -2.38. The van der Waals surface area contributed by atoms with Crippen molar-refractivity contribution in [3.05, 3.63) is 33.3 Å². The second-order valence-electron chi connectivity index (χ2n) is 5.65. The van der Waals surface area contributed by atoms with E-state index in [9.17, 15) is 14.9 Å². The van der Waals surface area contributed by atoms with Crippen molar-refractivity contribution in [3.8, 4) is 0 Å². The van der Waals surface area contributed by atoms with E-state index >= 15 is 0 Å². The van der Waals surface area contributed by atoms with Gasteiger partial charge >= 0.3 is 0 Å². The predicted molar refractivity (Wildman–Crippen MR) is 78.8 cm³/mol. The summed E-state index contributed by atoms with van der Waals surface area (Å²) in [6, 6.07) is 3.81. The number of nitrogens with two attached hydrogens (primary N) is 1. The number of nitro groups is 1. The van der Waals surface area contributed by atoms with Gasteiger partial charge in [0.1, 0.15) is 5.02 Å². The molecule has 3 N–H and O–H groups in total. The third-order valence-electron chi connectivity index (χ3n) is 2.94. The molecule has 0 saturated heterocycles. The topological polar surface area (TPSA) is 98.3 Å². The first-order chi connectivity index (χ1) is 9.11. The average Bonchev–Trinajstić information content (AvgIpc) is 2.29. The number of rotatable bonds is 4. The Labute approximate surface area is 122 Å². The largest absolute Gasteiger partial charge is 0.327 e. The second kappa shape index (κ2) is 6.19. The van der Waals surface area contributed by atoms with E-state index in [1.54, 1.807) is 0 Å². The van der Waals surface area contributed by atoms with Crippen molar-refractivity contribution in [1.82, 2.24) is 0 Å². The van der Waals surface area contributed by atoms with Crippen molar-refractivity contribution in [2.75, 3.05) is 5.32 Å². The molecule has 1 aromatic rings. The highest BCUT2D eigenvalue weighted by Crippen LogP contribution is 2.27. The molecule has 0 saturated carbocycles. The lowest BCUT2D eigenvalue weighted by molar-refractivity contribution is -0.384. The molecule has 0 heterocycles. The zero-order valence-electron chi connectivity index (χ0n) is 11.6. The summed E-state index contributed by atoms with van der Waals surface area (Å²) < 4.78 is 0. The third-order valence-corrected chi connectivity index (χ3v) is 3.26. The standard InChI is InChI=1S/C13H18ClN3O3/c1-13(2,3)11(15)7-12(18)16-8-4-5-9(14)10(6-8)17(19)20/h4-6,11H,7,15H2,1-3H3,(H,16,18). The van der Waals surface area contributed by atoms with Crippen molar-refractivity contribution in [1.29, 1.82) is 0 Å². The number of hydrogen-bond acceptors (Lipinski definition) is 4. The van der Waals surface area contributed by atoms with Crippen molar-refractivity contribution < 1.29 is 9.72 Å². The van der Waals surface area contributed by atoms with Gasteiger partial charge in [-0.05, 0) is 17.5 Å². The Bertz CT molecular complexity index is 526. The van der Waals surface area contributed by atoms with Gasteiger partial charge in [0.15, 0.2) is 0 Å². The maximum absolute atomic E-state index is 11.8. The fourth-order valence-corrected chi connectivity index (χ4v) is 1.63. The Hall–Kier alpha value is -1.66. The Morgan fingerprint density at radius 2 is 2.10 bits per heavy atom. The Balaban J connectivity index is 2.77. The molecule has 0 aromatic heterocycles. The number of nitrogens with one attached hydrogen (secondary N) is 1. The fraction of sp³-hybridized carbons (Fsp3) is 0.462. The maximum atomic E-state index is 11.8. The van der Waals surface area contributed by atoms with Gasteiger partial charge in [-0.15, -0.1) is 0 Å². The van der Waals surface area contributed by atoms with Gasteiger partial charge in [0.2, 0.25) is 5.91 Å². The zero-order chi connectivity index (χ0) is 15.5. The fourth-order valence-electron chi connectivity index (χ4n) is 1.45. The van der Waals surface area contributed by atoms with Crippen LogP contribution in [0.2, 0.25) is 5.02 Å². The number of anilines is 1. The Morgan fingerprint density at radius 3 is 2.60 bits per heavy atom. The highest BCUT2D eigenvalue weighted by molar-refractivity contribution is 6.32. The number of halogens is 1. The Kier molecular flexibility index (Phi) is 5.08. The van der Waals surface area contributed by atoms with E-state index in [2.05, 4.69) is 5.32 Å². The lowest BCUT2D eigenvalue weighted by Gasteiger charge is -2.26. The maximum Gasteiger partial charge on any atom is 0.289 e. The summed E-state index contributed by atoms with van der Waals surface area (Å²) in [6.07, 6.45) is 0.139. The van der Waals surface area contributed by atoms with E-state index < -0.39 is 4.92 Å². The first-order valence-electron chi connectivity index (χ1n) is 6.10. The quantitative estimate of drug-likeness (QED) is 0.659. The molecule has 1 unspecified atom stereocenters. The minimum Gasteiger partial charge on any atom is -0.327 e. The molecule has 0 radical (unpaired) electrons. The van der Waals surface area contributed by atoms with Gasteiger partial charge in [-0.1, -0.05) is 32.4 Å². The van der Waals surface area contributed by atoms with Crippen molar-refractivity contribution in [2.45, 2.75) is 33.2 Å². The molecule has 0 fully saturated rings. The van der Waals surface area contributed by atoms with Gasteiger partial charge in [-0.2, -0.15) is 0 Å². The smallest absolute Gasteiger partial charge is 0.289 e. The van der Waals surface area contributed by atoms with Gasteiger partial charge in [0.25, 0.3) is 5.69 Å². The van der Waals surface area contributed by atoms with Crippen LogP contribution in [0.15, 0.2) is 18.2 Å². The first-order valence-corrected chi connectivity index (χ1v) is 6.48. The monoisotopic (exact) mass is 299 g/mol. The van der Waals surface area contributed by atoms with Crippen molar-refractivity contribution >= 4 is 28.9 Å². The molecular weight excluding hydrogens is 282 g/mol. The molecule has 0 aliphatic heterocycles. The summed E-state index contributed by atoms with van der Waals surface area (Å²) in [4.78, 5) is 22.0. The highest BCUT2D eigenvalue weighted by Gasteiger charge is 2.23. The van der Waals surface area contributed by atoms with Crippen LogP contribution in [0, 0.1) is 15.5 Å². The molecular formula is C13H18ClN3O3. The minimum atomic E-state index is -0.598. The van der Waals surface area contributed by atoms with Crippen LogP contribution in [0.4, 0.5) is 11.4 Å². The van der Waals surface area contributed by atoms with Gasteiger partial charge in [-0.25, -0.2) is 0 Å². The van der Waals surface area contributed by atoms with E-state index in [1.807, 2.05) is 20.8 Å². The molecule has 0 aliphatic rings. The summed E-state index contributed by atoms with van der Waals surface area (Å²) in [5.41, 5.74) is 5.81. The Morgan fingerprint density at radius 1 is 1.50 bits per heavy atom. The molecule has 1 aromatic carbocycles. The van der Waals surface area contributed by atoms with E-state index in [-0.39, 0.29) is 34.5 Å². The minimum absolute atomic E-state index is 0.0272. The SMILES string of the molecule is CC(C)(C)C(N)CC(=O)Nc1ccc(Cl)c([N+](=O)[O-])c1. The molecule has 1 amide bonds. The van der Waals surface area contributed by atoms with Gasteiger partial charge in [-0.3, -0.25) is 14.9 Å². The lowest BCUT2D eigenvalue weighted by atomic mass is 9.85. The van der Waals surface area contributed by atoms with E-state index in [0.717, 1.165) is 0 Å². The van der Waals surface area contributed by atoms with Crippen LogP contribution in [-0.4, -0.2) is 16.9 Å². The molecule has 20 heavy (non-hydrogen) atoms. The number of carbonyl (C=O) groups excluding carboxylic acids is 1. The highest BCUT2D eigenvalue weighted by atomic mass is 35.5. The summed E-state index contributed by atoms with van der Waals surface area (Å²) in [5.74, 6) is -0.288. The predicted octanol–water partition coefficient (Wildman–Crippen LogP) is 2.95. The number of hydrogen-bond donors (Lipinski definition) is 2. The average molecular weight is 300 g/mol.